The second-order valence-corrected chi connectivity index (χ2v) is 4.07. The number of hydrogen-bond donors (Lipinski definition) is 2. The zero-order chi connectivity index (χ0) is 11.1. The molecule has 0 aliphatic carbocycles. The van der Waals surface area contributed by atoms with Crippen LogP contribution in [0.25, 0.3) is 0 Å². The summed E-state index contributed by atoms with van der Waals surface area (Å²) in [7, 11) is 0. The summed E-state index contributed by atoms with van der Waals surface area (Å²) in [6.45, 7) is 6.17. The SMILES string of the molecule is CCOCC(C)NC(=O)C1CCCCN1. The number of piperidine rings is 1. The topological polar surface area (TPSA) is 50.4 Å². The van der Waals surface area contributed by atoms with Crippen molar-refractivity contribution in [2.24, 2.45) is 0 Å². The quantitative estimate of drug-likeness (QED) is 0.707. The van der Waals surface area contributed by atoms with Gasteiger partial charge in [-0.25, -0.2) is 0 Å². The van der Waals surface area contributed by atoms with E-state index in [4.69, 9.17) is 4.74 Å². The second-order valence-electron chi connectivity index (χ2n) is 4.07. The first kappa shape index (κ1) is 12.5. The molecular formula is C11H22N2O2. The summed E-state index contributed by atoms with van der Waals surface area (Å²) in [6.07, 6.45) is 3.27. The lowest BCUT2D eigenvalue weighted by molar-refractivity contribution is -0.124. The lowest BCUT2D eigenvalue weighted by atomic mass is 10.0. The third kappa shape index (κ3) is 4.62. The average Bonchev–Trinajstić information content (AvgIpc) is 2.27. The summed E-state index contributed by atoms with van der Waals surface area (Å²) >= 11 is 0. The van der Waals surface area contributed by atoms with Crippen LogP contribution in [0.5, 0.6) is 0 Å². The number of amides is 1. The number of ether oxygens (including phenoxy) is 1. The molecule has 0 bridgehead atoms. The summed E-state index contributed by atoms with van der Waals surface area (Å²) in [6, 6.07) is 0.101. The first-order valence-corrected chi connectivity index (χ1v) is 5.85. The van der Waals surface area contributed by atoms with E-state index in [0.717, 1.165) is 19.4 Å². The molecule has 1 aliphatic heterocycles. The molecule has 0 saturated carbocycles. The van der Waals surface area contributed by atoms with E-state index in [9.17, 15) is 4.79 Å². The van der Waals surface area contributed by atoms with Crippen LogP contribution in [-0.2, 0) is 9.53 Å². The van der Waals surface area contributed by atoms with Crippen LogP contribution in [0.2, 0.25) is 0 Å². The van der Waals surface area contributed by atoms with Gasteiger partial charge in [-0.2, -0.15) is 0 Å². The predicted octanol–water partition coefficient (Wildman–Crippen LogP) is 0.670. The zero-order valence-electron chi connectivity index (χ0n) is 9.71. The fourth-order valence-corrected chi connectivity index (χ4v) is 1.76. The Kier molecular flexibility index (Phi) is 5.65. The van der Waals surface area contributed by atoms with Gasteiger partial charge in [0.1, 0.15) is 0 Å². The fraction of sp³-hybridized carbons (Fsp3) is 0.909. The summed E-state index contributed by atoms with van der Waals surface area (Å²) < 4.78 is 5.25. The van der Waals surface area contributed by atoms with Gasteiger partial charge in [0, 0.05) is 12.6 Å². The average molecular weight is 214 g/mol. The van der Waals surface area contributed by atoms with Crippen molar-refractivity contribution >= 4 is 5.91 Å². The van der Waals surface area contributed by atoms with E-state index in [2.05, 4.69) is 10.6 Å². The van der Waals surface area contributed by atoms with Gasteiger partial charge in [-0.3, -0.25) is 4.79 Å². The highest BCUT2D eigenvalue weighted by molar-refractivity contribution is 5.82. The maximum Gasteiger partial charge on any atom is 0.237 e. The minimum Gasteiger partial charge on any atom is -0.380 e. The van der Waals surface area contributed by atoms with Gasteiger partial charge in [0.25, 0.3) is 0 Å². The van der Waals surface area contributed by atoms with Gasteiger partial charge in [0.2, 0.25) is 5.91 Å². The van der Waals surface area contributed by atoms with Crippen molar-refractivity contribution in [3.8, 4) is 0 Å². The monoisotopic (exact) mass is 214 g/mol. The number of rotatable bonds is 5. The Balaban J connectivity index is 2.21. The van der Waals surface area contributed by atoms with Crippen LogP contribution < -0.4 is 10.6 Å². The number of carbonyl (C=O) groups is 1. The summed E-state index contributed by atoms with van der Waals surface area (Å²) in [4.78, 5) is 11.7. The van der Waals surface area contributed by atoms with E-state index in [0.29, 0.717) is 13.2 Å². The van der Waals surface area contributed by atoms with E-state index in [1.807, 2.05) is 13.8 Å². The van der Waals surface area contributed by atoms with Gasteiger partial charge in [0.05, 0.1) is 12.6 Å². The maximum atomic E-state index is 11.7. The molecule has 1 aliphatic rings. The van der Waals surface area contributed by atoms with Crippen LogP contribution in [0.15, 0.2) is 0 Å². The predicted molar refractivity (Wildman–Crippen MR) is 59.7 cm³/mol. The molecule has 4 heteroatoms. The number of carbonyl (C=O) groups excluding carboxylic acids is 1. The number of hydrogen-bond acceptors (Lipinski definition) is 3. The maximum absolute atomic E-state index is 11.7. The summed E-state index contributed by atoms with van der Waals surface area (Å²) in [5, 5.41) is 6.19. The molecule has 88 valence electrons. The largest absolute Gasteiger partial charge is 0.380 e. The van der Waals surface area contributed by atoms with Crippen LogP contribution >= 0.6 is 0 Å². The van der Waals surface area contributed by atoms with Gasteiger partial charge in [-0.05, 0) is 33.2 Å². The highest BCUT2D eigenvalue weighted by Gasteiger charge is 2.21. The van der Waals surface area contributed by atoms with E-state index < -0.39 is 0 Å². The number of nitrogens with one attached hydrogen (secondary N) is 2. The van der Waals surface area contributed by atoms with Crippen LogP contribution in [-0.4, -0.2) is 37.7 Å². The van der Waals surface area contributed by atoms with Gasteiger partial charge >= 0.3 is 0 Å². The summed E-state index contributed by atoms with van der Waals surface area (Å²) in [5.41, 5.74) is 0. The summed E-state index contributed by atoms with van der Waals surface area (Å²) in [5.74, 6) is 0.113. The molecular weight excluding hydrogens is 192 g/mol. The third-order valence-electron chi connectivity index (χ3n) is 2.59. The highest BCUT2D eigenvalue weighted by Crippen LogP contribution is 2.06. The Morgan fingerprint density at radius 3 is 3.00 bits per heavy atom. The van der Waals surface area contributed by atoms with Gasteiger partial charge in [-0.15, -0.1) is 0 Å². The lowest BCUT2D eigenvalue weighted by Crippen LogP contribution is -2.49. The molecule has 1 fully saturated rings. The van der Waals surface area contributed by atoms with E-state index in [-0.39, 0.29) is 18.0 Å². The lowest BCUT2D eigenvalue weighted by Gasteiger charge is -2.24. The van der Waals surface area contributed by atoms with Crippen molar-refractivity contribution in [1.29, 1.82) is 0 Å². The molecule has 1 saturated heterocycles. The molecule has 0 aromatic heterocycles. The molecule has 2 atom stereocenters. The molecule has 0 aromatic carbocycles. The first-order valence-electron chi connectivity index (χ1n) is 5.85. The Morgan fingerprint density at radius 2 is 2.40 bits per heavy atom. The molecule has 1 heterocycles. The Morgan fingerprint density at radius 1 is 1.60 bits per heavy atom. The molecule has 0 aromatic rings. The zero-order valence-corrected chi connectivity index (χ0v) is 9.71. The van der Waals surface area contributed by atoms with Gasteiger partial charge in [-0.1, -0.05) is 6.42 Å². The molecule has 15 heavy (non-hydrogen) atoms. The van der Waals surface area contributed by atoms with Crippen molar-refractivity contribution in [3.05, 3.63) is 0 Å². The van der Waals surface area contributed by atoms with Crippen molar-refractivity contribution in [3.63, 3.8) is 0 Å². The smallest absolute Gasteiger partial charge is 0.237 e. The molecule has 1 rings (SSSR count). The Hall–Kier alpha value is -0.610. The molecule has 0 radical (unpaired) electrons. The van der Waals surface area contributed by atoms with Crippen molar-refractivity contribution in [1.82, 2.24) is 10.6 Å². The minimum atomic E-state index is 0.00262. The van der Waals surface area contributed by atoms with Gasteiger partial charge < -0.3 is 15.4 Å². The Bertz CT molecular complexity index is 191. The highest BCUT2D eigenvalue weighted by atomic mass is 16.5. The molecule has 0 spiro atoms. The molecule has 4 nitrogen and oxygen atoms in total. The van der Waals surface area contributed by atoms with Crippen molar-refractivity contribution < 1.29 is 9.53 Å². The third-order valence-corrected chi connectivity index (χ3v) is 2.59. The second kappa shape index (κ2) is 6.80. The molecule has 2 unspecified atom stereocenters. The van der Waals surface area contributed by atoms with E-state index >= 15 is 0 Å². The fourth-order valence-electron chi connectivity index (χ4n) is 1.76. The standard InChI is InChI=1S/C11H22N2O2/c1-3-15-8-9(2)13-11(14)10-6-4-5-7-12-10/h9-10,12H,3-8H2,1-2H3,(H,13,14). The van der Waals surface area contributed by atoms with Crippen LogP contribution in [0.4, 0.5) is 0 Å². The van der Waals surface area contributed by atoms with E-state index in [1.165, 1.54) is 6.42 Å². The molecule has 1 amide bonds. The Labute approximate surface area is 91.8 Å². The van der Waals surface area contributed by atoms with Crippen molar-refractivity contribution in [2.45, 2.75) is 45.2 Å². The van der Waals surface area contributed by atoms with Crippen molar-refractivity contribution in [2.75, 3.05) is 19.8 Å². The molecule has 2 N–H and O–H groups in total. The first-order chi connectivity index (χ1) is 7.24. The van der Waals surface area contributed by atoms with Crippen LogP contribution in [0, 0.1) is 0 Å². The van der Waals surface area contributed by atoms with Gasteiger partial charge in [0.15, 0.2) is 0 Å². The minimum absolute atomic E-state index is 0.00262. The van der Waals surface area contributed by atoms with Crippen LogP contribution in [0.1, 0.15) is 33.1 Å². The van der Waals surface area contributed by atoms with Crippen LogP contribution in [0.3, 0.4) is 0 Å². The van der Waals surface area contributed by atoms with E-state index in [1.54, 1.807) is 0 Å². The normalized spacial score (nSPS) is 23.5.